The third-order valence-corrected chi connectivity index (χ3v) is 7.89. The molecule has 0 aromatic heterocycles. The highest BCUT2D eigenvalue weighted by atomic mass is 28.3. The van der Waals surface area contributed by atoms with Crippen LogP contribution >= 0.6 is 0 Å². The molecule has 2 aliphatic rings. The molecule has 0 nitrogen and oxygen atoms in total. The second-order valence-corrected chi connectivity index (χ2v) is 8.09. The second-order valence-electron chi connectivity index (χ2n) is 4.95. The molecule has 0 amide bonds. The van der Waals surface area contributed by atoms with Gasteiger partial charge < -0.3 is 0 Å². The van der Waals surface area contributed by atoms with Crippen LogP contribution in [-0.2, 0) is 0 Å². The summed E-state index contributed by atoms with van der Waals surface area (Å²) in [4.78, 5) is 0. The van der Waals surface area contributed by atoms with Crippen LogP contribution in [-0.4, -0.2) is 8.80 Å². The molecular weight excluding hydrogens is 172 g/mol. The lowest BCUT2D eigenvalue weighted by Crippen LogP contribution is -2.34. The molecule has 0 aromatic carbocycles. The van der Waals surface area contributed by atoms with E-state index in [4.69, 9.17) is 0 Å². The Morgan fingerprint density at radius 2 is 1.92 bits per heavy atom. The fourth-order valence-electron chi connectivity index (χ4n) is 2.90. The van der Waals surface area contributed by atoms with Gasteiger partial charge in [-0.1, -0.05) is 56.7 Å². The van der Waals surface area contributed by atoms with Crippen molar-refractivity contribution in [3.05, 3.63) is 23.6 Å². The molecule has 2 unspecified atom stereocenters. The Labute approximate surface area is 83.3 Å². The predicted octanol–water partition coefficient (Wildman–Crippen LogP) is 3.39. The van der Waals surface area contributed by atoms with Gasteiger partial charge in [-0.2, -0.15) is 0 Å². The van der Waals surface area contributed by atoms with Crippen molar-refractivity contribution in [3.63, 3.8) is 0 Å². The van der Waals surface area contributed by atoms with Crippen LogP contribution in [0.2, 0.25) is 5.04 Å². The summed E-state index contributed by atoms with van der Waals surface area (Å²) < 4.78 is 0. The Bertz CT molecular complexity index is 230. The van der Waals surface area contributed by atoms with Crippen molar-refractivity contribution < 1.29 is 0 Å². The molecule has 0 N–H and O–H groups in total. The van der Waals surface area contributed by atoms with Crippen molar-refractivity contribution in [2.75, 3.05) is 0 Å². The molecule has 1 heterocycles. The summed E-state index contributed by atoms with van der Waals surface area (Å²) in [6, 6.07) is 0. The standard InChI is InChI=1S/C12H20Si/c1-11-7-3-4-8-12(11,2)13-9-5-6-10-13/h5-6,9-11,13H,3-4,7-8H2,1-2H3. The Hall–Kier alpha value is -0.303. The van der Waals surface area contributed by atoms with E-state index in [1.807, 2.05) is 0 Å². The van der Waals surface area contributed by atoms with Crippen molar-refractivity contribution in [2.45, 2.75) is 44.6 Å². The predicted molar refractivity (Wildman–Crippen MR) is 61.4 cm³/mol. The molecule has 0 saturated heterocycles. The number of allylic oxidation sites excluding steroid dienone is 2. The largest absolute Gasteiger partial charge is 0.0930 e. The minimum absolute atomic E-state index is 0.682. The fraction of sp³-hybridized carbons (Fsp3) is 0.667. The van der Waals surface area contributed by atoms with E-state index in [-0.39, 0.29) is 0 Å². The molecule has 2 atom stereocenters. The summed E-state index contributed by atoms with van der Waals surface area (Å²) in [5, 5.41) is 0.682. The normalized spacial score (nSPS) is 40.0. The first-order valence-corrected chi connectivity index (χ1v) is 7.49. The summed E-state index contributed by atoms with van der Waals surface area (Å²) in [6.07, 6.45) is 10.4. The van der Waals surface area contributed by atoms with E-state index in [1.54, 1.807) is 0 Å². The van der Waals surface area contributed by atoms with Crippen molar-refractivity contribution in [1.29, 1.82) is 0 Å². The van der Waals surface area contributed by atoms with E-state index in [0.29, 0.717) is 5.04 Å². The molecule has 0 radical (unpaired) electrons. The van der Waals surface area contributed by atoms with Crippen LogP contribution in [0.1, 0.15) is 39.5 Å². The molecular formula is C12H20Si. The zero-order valence-corrected chi connectivity index (χ0v) is 9.95. The molecule has 1 saturated carbocycles. The van der Waals surface area contributed by atoms with Gasteiger partial charge in [0.25, 0.3) is 0 Å². The smallest absolute Gasteiger partial charge is 0.0912 e. The first kappa shape index (κ1) is 9.26. The second kappa shape index (κ2) is 3.45. The molecule has 1 aliphatic heterocycles. The Balaban J connectivity index is 2.16. The van der Waals surface area contributed by atoms with Gasteiger partial charge in [0.2, 0.25) is 0 Å². The molecule has 13 heavy (non-hydrogen) atoms. The van der Waals surface area contributed by atoms with Crippen LogP contribution in [0.3, 0.4) is 0 Å². The quantitative estimate of drug-likeness (QED) is 0.559. The highest BCUT2D eigenvalue weighted by Gasteiger charge is 2.39. The van der Waals surface area contributed by atoms with Crippen LogP contribution in [0.5, 0.6) is 0 Å². The van der Waals surface area contributed by atoms with Gasteiger partial charge in [-0.25, -0.2) is 0 Å². The van der Waals surface area contributed by atoms with Gasteiger partial charge in [-0.15, -0.1) is 0 Å². The number of hydrogen-bond donors (Lipinski definition) is 0. The van der Waals surface area contributed by atoms with E-state index in [1.165, 1.54) is 25.7 Å². The maximum absolute atomic E-state index is 2.54. The molecule has 0 aromatic rings. The molecule has 1 aliphatic carbocycles. The summed E-state index contributed by atoms with van der Waals surface area (Å²) >= 11 is 0. The molecule has 72 valence electrons. The van der Waals surface area contributed by atoms with Gasteiger partial charge in [-0.05, 0) is 17.4 Å². The molecule has 0 spiro atoms. The molecule has 1 heteroatoms. The highest BCUT2D eigenvalue weighted by Crippen LogP contribution is 2.50. The van der Waals surface area contributed by atoms with Crippen LogP contribution < -0.4 is 0 Å². The van der Waals surface area contributed by atoms with E-state index < -0.39 is 8.80 Å². The van der Waals surface area contributed by atoms with Gasteiger partial charge in [0.05, 0.1) is 8.80 Å². The Morgan fingerprint density at radius 3 is 2.54 bits per heavy atom. The average molecular weight is 192 g/mol. The minimum atomic E-state index is -0.696. The van der Waals surface area contributed by atoms with Crippen LogP contribution in [0.25, 0.3) is 0 Å². The number of hydrogen-bond acceptors (Lipinski definition) is 0. The zero-order chi connectivity index (χ0) is 9.31. The summed E-state index contributed by atoms with van der Waals surface area (Å²) in [5.74, 6) is 0.949. The molecule has 0 bridgehead atoms. The molecule has 2 rings (SSSR count). The van der Waals surface area contributed by atoms with Gasteiger partial charge in [-0.3, -0.25) is 0 Å². The van der Waals surface area contributed by atoms with Crippen LogP contribution in [0.4, 0.5) is 0 Å². The van der Waals surface area contributed by atoms with Crippen LogP contribution in [0.15, 0.2) is 23.6 Å². The van der Waals surface area contributed by atoms with Gasteiger partial charge in [0, 0.05) is 0 Å². The van der Waals surface area contributed by atoms with Gasteiger partial charge in [0.1, 0.15) is 0 Å². The maximum Gasteiger partial charge on any atom is 0.0912 e. The van der Waals surface area contributed by atoms with Crippen molar-refractivity contribution >= 4 is 8.80 Å². The van der Waals surface area contributed by atoms with E-state index >= 15 is 0 Å². The highest BCUT2D eigenvalue weighted by molar-refractivity contribution is 6.73. The third kappa shape index (κ3) is 1.54. The average Bonchev–Trinajstić information content (AvgIpc) is 2.63. The van der Waals surface area contributed by atoms with Gasteiger partial charge in [0.15, 0.2) is 0 Å². The van der Waals surface area contributed by atoms with Crippen molar-refractivity contribution in [3.8, 4) is 0 Å². The summed E-state index contributed by atoms with van der Waals surface area (Å²) in [6.45, 7) is 5.00. The zero-order valence-electron chi connectivity index (χ0n) is 8.79. The van der Waals surface area contributed by atoms with E-state index in [0.717, 1.165) is 5.92 Å². The molecule has 1 fully saturated rings. The lowest BCUT2D eigenvalue weighted by molar-refractivity contribution is 0.290. The fourth-order valence-corrected chi connectivity index (χ4v) is 6.00. The van der Waals surface area contributed by atoms with Crippen molar-refractivity contribution in [2.24, 2.45) is 5.92 Å². The Morgan fingerprint density at radius 1 is 1.23 bits per heavy atom. The van der Waals surface area contributed by atoms with Gasteiger partial charge >= 0.3 is 0 Å². The van der Waals surface area contributed by atoms with Crippen LogP contribution in [0, 0.1) is 5.92 Å². The Kier molecular flexibility index (Phi) is 2.46. The topological polar surface area (TPSA) is 0 Å². The lowest BCUT2D eigenvalue weighted by Gasteiger charge is -2.42. The lowest BCUT2D eigenvalue weighted by atomic mass is 9.80. The first-order valence-electron chi connectivity index (χ1n) is 5.58. The first-order chi connectivity index (χ1) is 6.23. The number of rotatable bonds is 1. The SMILES string of the molecule is CC1CCCCC1(C)[SiH]1C=CC=C1. The minimum Gasteiger partial charge on any atom is -0.0930 e. The van der Waals surface area contributed by atoms with E-state index in [2.05, 4.69) is 37.4 Å². The van der Waals surface area contributed by atoms with E-state index in [9.17, 15) is 0 Å². The summed E-state index contributed by atoms with van der Waals surface area (Å²) in [7, 11) is -0.696. The third-order valence-electron chi connectivity index (χ3n) is 4.24. The van der Waals surface area contributed by atoms with Crippen molar-refractivity contribution in [1.82, 2.24) is 0 Å². The maximum atomic E-state index is 2.54. The summed E-state index contributed by atoms with van der Waals surface area (Å²) in [5.41, 5.74) is 5.03. The monoisotopic (exact) mass is 192 g/mol.